The fourth-order valence-electron chi connectivity index (χ4n) is 3.81. The molecular formula is C23H19BrFN5O2S2. The zero-order valence-corrected chi connectivity index (χ0v) is 21.1. The minimum absolute atomic E-state index is 0.135. The number of benzene rings is 2. The third kappa shape index (κ3) is 5.11. The summed E-state index contributed by atoms with van der Waals surface area (Å²) < 4.78 is 15.1. The number of halogens is 2. The molecule has 3 aliphatic heterocycles. The van der Waals surface area contributed by atoms with Crippen LogP contribution in [0.3, 0.4) is 0 Å². The zero-order chi connectivity index (χ0) is 23.7. The number of nitrogens with zero attached hydrogens (tertiary/aromatic N) is 5. The molecule has 0 unspecified atom stereocenters. The summed E-state index contributed by atoms with van der Waals surface area (Å²) in [5.74, 6) is -0.504. The largest absolute Gasteiger partial charge is 0.273 e. The molecule has 11 heteroatoms. The van der Waals surface area contributed by atoms with Crippen molar-refractivity contribution in [1.29, 1.82) is 0 Å². The highest BCUT2D eigenvalue weighted by atomic mass is 79.9. The van der Waals surface area contributed by atoms with Gasteiger partial charge in [-0.3, -0.25) is 9.59 Å². The highest BCUT2D eigenvalue weighted by Crippen LogP contribution is 2.35. The van der Waals surface area contributed by atoms with E-state index in [1.54, 1.807) is 17.1 Å². The summed E-state index contributed by atoms with van der Waals surface area (Å²) in [6.45, 7) is 0.634. The molecule has 2 aromatic rings. The van der Waals surface area contributed by atoms with Crippen LogP contribution in [0.4, 0.5) is 4.39 Å². The van der Waals surface area contributed by atoms with Crippen LogP contribution in [0, 0.1) is 5.82 Å². The zero-order valence-electron chi connectivity index (χ0n) is 17.9. The van der Waals surface area contributed by atoms with Gasteiger partial charge in [-0.2, -0.15) is 15.2 Å². The summed E-state index contributed by atoms with van der Waals surface area (Å²) in [5.41, 5.74) is 2.56. The number of amidine groups is 1. The van der Waals surface area contributed by atoms with E-state index in [9.17, 15) is 14.0 Å². The maximum absolute atomic E-state index is 13.5. The molecule has 5 rings (SSSR count). The van der Waals surface area contributed by atoms with Crippen LogP contribution < -0.4 is 0 Å². The number of hydrogen-bond acceptors (Lipinski definition) is 7. The monoisotopic (exact) mass is 559 g/mol. The molecule has 0 saturated heterocycles. The van der Waals surface area contributed by atoms with Gasteiger partial charge in [-0.05, 0) is 53.6 Å². The first-order valence-corrected chi connectivity index (χ1v) is 13.2. The molecule has 0 bridgehead atoms. The highest BCUT2D eigenvalue weighted by molar-refractivity contribution is 9.10. The van der Waals surface area contributed by atoms with Crippen LogP contribution in [0.5, 0.6) is 0 Å². The van der Waals surface area contributed by atoms with E-state index in [2.05, 4.69) is 31.1 Å². The first-order chi connectivity index (χ1) is 16.5. The number of hydrazone groups is 2. The predicted octanol–water partition coefficient (Wildman–Crippen LogP) is 5.00. The third-order valence-corrected chi connectivity index (χ3v) is 8.09. The summed E-state index contributed by atoms with van der Waals surface area (Å²) >= 11 is 6.05. The minimum atomic E-state index is -0.325. The van der Waals surface area contributed by atoms with Gasteiger partial charge in [-0.25, -0.2) is 14.4 Å². The molecule has 2 aromatic carbocycles. The van der Waals surface area contributed by atoms with Crippen molar-refractivity contribution in [3.8, 4) is 0 Å². The Morgan fingerprint density at radius 1 is 1.15 bits per heavy atom. The molecule has 0 fully saturated rings. The van der Waals surface area contributed by atoms with Gasteiger partial charge in [-0.1, -0.05) is 52.0 Å². The first kappa shape index (κ1) is 23.3. The Morgan fingerprint density at radius 3 is 2.68 bits per heavy atom. The molecule has 0 N–H and O–H groups in total. The molecule has 3 aliphatic rings. The van der Waals surface area contributed by atoms with Gasteiger partial charge in [0, 0.05) is 23.9 Å². The van der Waals surface area contributed by atoms with E-state index in [1.807, 2.05) is 24.3 Å². The molecule has 174 valence electrons. The number of amides is 2. The smallest absolute Gasteiger partial charge is 0.253 e. The highest BCUT2D eigenvalue weighted by Gasteiger charge is 2.34. The van der Waals surface area contributed by atoms with Crippen LogP contribution in [0.15, 0.2) is 68.2 Å². The van der Waals surface area contributed by atoms with Crippen LogP contribution >= 0.6 is 39.5 Å². The van der Waals surface area contributed by atoms with Crippen LogP contribution in [0.1, 0.15) is 36.4 Å². The Bertz CT molecular complexity index is 1220. The number of carbonyl (C=O) groups excluding carboxylic acids is 2. The van der Waals surface area contributed by atoms with Crippen molar-refractivity contribution >= 4 is 66.5 Å². The topological polar surface area (TPSA) is 77.7 Å². The number of rotatable bonds is 4. The van der Waals surface area contributed by atoms with E-state index < -0.39 is 0 Å². The Labute approximate surface area is 212 Å². The SMILES string of the molecule is O=C1CCCN2N=C(SCC(=O)N3N=C(c4ccc(Br)cc4)C[C@H]3c3ccc(F)cc3)SC2=N1. The average Bonchev–Trinajstić information content (AvgIpc) is 3.39. The number of aliphatic imine (C=N–C) groups is 1. The van der Waals surface area contributed by atoms with E-state index >= 15 is 0 Å². The molecular weight excluding hydrogens is 541 g/mol. The van der Waals surface area contributed by atoms with Crippen LogP contribution in [-0.2, 0) is 9.59 Å². The standard InChI is InChI=1S/C23H19BrFN5O2S2/c24-16-7-3-14(4-8-16)18-12-19(15-5-9-17(25)10-6-15)30(27-18)21(32)13-33-23-28-29-11-1-2-20(31)26-22(29)34-23/h3-10,19H,1-2,11-13H2/t19-/m0/s1. The van der Waals surface area contributed by atoms with E-state index in [1.165, 1.54) is 40.7 Å². The lowest BCUT2D eigenvalue weighted by Gasteiger charge is -2.21. The quantitative estimate of drug-likeness (QED) is 0.527. The number of carbonyl (C=O) groups is 2. The summed E-state index contributed by atoms with van der Waals surface area (Å²) in [6, 6.07) is 13.7. The molecule has 0 saturated carbocycles. The maximum Gasteiger partial charge on any atom is 0.253 e. The van der Waals surface area contributed by atoms with Gasteiger partial charge in [0.25, 0.3) is 5.91 Å². The van der Waals surface area contributed by atoms with E-state index in [-0.39, 0.29) is 29.4 Å². The first-order valence-electron chi connectivity index (χ1n) is 10.7. The Kier molecular flexibility index (Phi) is 6.84. The molecule has 34 heavy (non-hydrogen) atoms. The Hall–Kier alpha value is -2.50. The Morgan fingerprint density at radius 2 is 1.91 bits per heavy atom. The van der Waals surface area contributed by atoms with Crippen LogP contribution in [0.25, 0.3) is 0 Å². The van der Waals surface area contributed by atoms with Crippen LogP contribution in [0.2, 0.25) is 0 Å². The van der Waals surface area contributed by atoms with Gasteiger partial charge < -0.3 is 0 Å². The third-order valence-electron chi connectivity index (χ3n) is 5.50. The fourth-order valence-corrected chi connectivity index (χ4v) is 5.93. The molecule has 1 atom stereocenters. The van der Waals surface area contributed by atoms with Crippen molar-refractivity contribution in [2.75, 3.05) is 12.3 Å². The van der Waals surface area contributed by atoms with Crippen molar-refractivity contribution in [1.82, 2.24) is 10.0 Å². The summed E-state index contributed by atoms with van der Waals surface area (Å²) in [4.78, 5) is 29.1. The van der Waals surface area contributed by atoms with Crippen molar-refractivity contribution in [3.05, 3.63) is 69.9 Å². The lowest BCUT2D eigenvalue weighted by molar-refractivity contribution is -0.130. The lowest BCUT2D eigenvalue weighted by Crippen LogP contribution is -2.28. The second kappa shape index (κ2) is 10.0. The van der Waals surface area contributed by atoms with Crippen molar-refractivity contribution in [3.63, 3.8) is 0 Å². The molecule has 0 aromatic heterocycles. The normalized spacial score (nSPS) is 20.0. The molecule has 0 radical (unpaired) electrons. The van der Waals surface area contributed by atoms with Gasteiger partial charge in [0.15, 0.2) is 9.54 Å². The summed E-state index contributed by atoms with van der Waals surface area (Å²) in [5, 5.41) is 13.0. The molecule has 2 amide bonds. The van der Waals surface area contributed by atoms with E-state index in [0.717, 1.165) is 21.3 Å². The number of hydrogen-bond donors (Lipinski definition) is 0. The van der Waals surface area contributed by atoms with E-state index in [4.69, 9.17) is 0 Å². The molecule has 0 aliphatic carbocycles. The fraction of sp³-hybridized carbons (Fsp3) is 0.261. The van der Waals surface area contributed by atoms with Gasteiger partial charge in [0.05, 0.1) is 17.5 Å². The lowest BCUT2D eigenvalue weighted by atomic mass is 9.98. The number of thioether (sulfide) groups is 2. The predicted molar refractivity (Wildman–Crippen MR) is 137 cm³/mol. The Balaban J connectivity index is 1.33. The van der Waals surface area contributed by atoms with Crippen molar-refractivity contribution in [2.24, 2.45) is 15.2 Å². The van der Waals surface area contributed by atoms with E-state index in [0.29, 0.717) is 35.4 Å². The van der Waals surface area contributed by atoms with Gasteiger partial charge in [0.2, 0.25) is 5.91 Å². The van der Waals surface area contributed by atoms with Crippen molar-refractivity contribution in [2.45, 2.75) is 25.3 Å². The second-order valence-electron chi connectivity index (χ2n) is 7.83. The maximum atomic E-state index is 13.5. The second-order valence-corrected chi connectivity index (χ2v) is 10.9. The van der Waals surface area contributed by atoms with Gasteiger partial charge >= 0.3 is 0 Å². The van der Waals surface area contributed by atoms with Gasteiger partial charge in [-0.15, -0.1) is 0 Å². The minimum Gasteiger partial charge on any atom is -0.273 e. The average molecular weight is 560 g/mol. The molecule has 3 heterocycles. The summed E-state index contributed by atoms with van der Waals surface area (Å²) in [6.07, 6.45) is 1.66. The number of fused-ring (bicyclic) bond motifs is 1. The molecule has 0 spiro atoms. The summed E-state index contributed by atoms with van der Waals surface area (Å²) in [7, 11) is 0. The van der Waals surface area contributed by atoms with Crippen LogP contribution in [-0.4, -0.2) is 49.4 Å². The van der Waals surface area contributed by atoms with Crippen molar-refractivity contribution < 1.29 is 14.0 Å². The molecule has 7 nitrogen and oxygen atoms in total. The van der Waals surface area contributed by atoms with Gasteiger partial charge in [0.1, 0.15) is 5.82 Å².